The maximum atomic E-state index is 12.6. The van der Waals surface area contributed by atoms with Gasteiger partial charge in [0.05, 0.1) is 9.82 Å². The molecular formula is C15H21N3O4S. The summed E-state index contributed by atoms with van der Waals surface area (Å²) in [7, 11) is -3.59. The summed E-state index contributed by atoms with van der Waals surface area (Å²) in [4.78, 5) is 12.4. The Hall–Kier alpha value is -1.77. The highest BCUT2D eigenvalue weighted by molar-refractivity contribution is 7.89. The lowest BCUT2D eigenvalue weighted by Crippen LogP contribution is -2.48. The Morgan fingerprint density at radius 1 is 1.17 bits per heavy atom. The Morgan fingerprint density at radius 3 is 2.22 bits per heavy atom. The number of hydrogen-bond acceptors (Lipinski definition) is 5. The normalized spacial score (nSPS) is 17.0. The molecule has 0 aliphatic carbocycles. The van der Waals surface area contributed by atoms with Crippen LogP contribution >= 0.6 is 0 Å². The molecule has 0 radical (unpaired) electrons. The molecule has 8 heteroatoms. The first-order chi connectivity index (χ1) is 10.8. The van der Waals surface area contributed by atoms with Crippen molar-refractivity contribution in [2.45, 2.75) is 18.7 Å². The van der Waals surface area contributed by atoms with Gasteiger partial charge in [-0.1, -0.05) is 11.6 Å². The van der Waals surface area contributed by atoms with Crippen molar-refractivity contribution in [3.63, 3.8) is 0 Å². The molecule has 1 aliphatic rings. The number of piperazine rings is 1. The SMILES string of the molecule is CC(C)=CCN1CCN(S(=O)(=O)c2ccc([N+](=O)[O-])cc2)CC1. The van der Waals surface area contributed by atoms with Crippen LogP contribution in [-0.2, 0) is 10.0 Å². The first-order valence-corrected chi connectivity index (χ1v) is 8.85. The number of allylic oxidation sites excluding steroid dienone is 1. The molecule has 0 bridgehead atoms. The lowest BCUT2D eigenvalue weighted by atomic mass is 10.3. The quantitative estimate of drug-likeness (QED) is 0.464. The summed E-state index contributed by atoms with van der Waals surface area (Å²) in [6.07, 6.45) is 2.13. The van der Waals surface area contributed by atoms with Crippen molar-refractivity contribution >= 4 is 15.7 Å². The maximum absolute atomic E-state index is 12.6. The molecule has 0 spiro atoms. The van der Waals surface area contributed by atoms with Gasteiger partial charge in [-0.2, -0.15) is 4.31 Å². The van der Waals surface area contributed by atoms with Crippen molar-refractivity contribution in [2.24, 2.45) is 0 Å². The van der Waals surface area contributed by atoms with Gasteiger partial charge in [0, 0.05) is 44.9 Å². The van der Waals surface area contributed by atoms with Crippen molar-refractivity contribution < 1.29 is 13.3 Å². The van der Waals surface area contributed by atoms with Crippen LogP contribution in [0.3, 0.4) is 0 Å². The van der Waals surface area contributed by atoms with E-state index in [2.05, 4.69) is 11.0 Å². The molecule has 0 unspecified atom stereocenters. The third kappa shape index (κ3) is 4.37. The zero-order valence-corrected chi connectivity index (χ0v) is 14.1. The first kappa shape index (κ1) is 17.6. The zero-order valence-electron chi connectivity index (χ0n) is 13.3. The number of nitro benzene ring substituents is 1. The average Bonchev–Trinajstić information content (AvgIpc) is 2.53. The van der Waals surface area contributed by atoms with Crippen molar-refractivity contribution in [3.05, 3.63) is 46.0 Å². The minimum Gasteiger partial charge on any atom is -0.297 e. The predicted octanol–water partition coefficient (Wildman–Crippen LogP) is 1.87. The smallest absolute Gasteiger partial charge is 0.269 e. The molecule has 0 atom stereocenters. The van der Waals surface area contributed by atoms with E-state index in [0.717, 1.165) is 6.54 Å². The molecule has 1 aromatic rings. The van der Waals surface area contributed by atoms with Crippen LogP contribution in [-0.4, -0.2) is 55.3 Å². The summed E-state index contributed by atoms with van der Waals surface area (Å²) in [5.41, 5.74) is 1.13. The minimum atomic E-state index is -3.59. The Kier molecular flexibility index (Phi) is 5.51. The fourth-order valence-corrected chi connectivity index (χ4v) is 3.78. The van der Waals surface area contributed by atoms with Gasteiger partial charge in [-0.05, 0) is 26.0 Å². The highest BCUT2D eigenvalue weighted by Gasteiger charge is 2.28. The second kappa shape index (κ2) is 7.20. The van der Waals surface area contributed by atoms with Gasteiger partial charge < -0.3 is 0 Å². The zero-order chi connectivity index (χ0) is 17.0. The molecule has 2 rings (SSSR count). The second-order valence-electron chi connectivity index (χ2n) is 5.74. The van der Waals surface area contributed by atoms with Crippen LogP contribution < -0.4 is 0 Å². The van der Waals surface area contributed by atoms with E-state index in [9.17, 15) is 18.5 Å². The van der Waals surface area contributed by atoms with Crippen LogP contribution in [0.25, 0.3) is 0 Å². The van der Waals surface area contributed by atoms with Crippen LogP contribution in [0.2, 0.25) is 0 Å². The van der Waals surface area contributed by atoms with E-state index in [1.807, 2.05) is 13.8 Å². The third-order valence-electron chi connectivity index (χ3n) is 3.77. The molecule has 1 saturated heterocycles. The highest BCUT2D eigenvalue weighted by Crippen LogP contribution is 2.20. The van der Waals surface area contributed by atoms with Crippen molar-refractivity contribution in [1.82, 2.24) is 9.21 Å². The molecule has 0 aromatic heterocycles. The van der Waals surface area contributed by atoms with Gasteiger partial charge >= 0.3 is 0 Å². The van der Waals surface area contributed by atoms with Crippen molar-refractivity contribution in [3.8, 4) is 0 Å². The van der Waals surface area contributed by atoms with E-state index in [1.165, 1.54) is 34.1 Å². The van der Waals surface area contributed by atoms with Crippen LogP contribution in [0, 0.1) is 10.1 Å². The number of sulfonamides is 1. The van der Waals surface area contributed by atoms with Gasteiger partial charge in [0.2, 0.25) is 10.0 Å². The molecule has 1 aliphatic heterocycles. The van der Waals surface area contributed by atoms with E-state index in [1.54, 1.807) is 0 Å². The Labute approximate surface area is 136 Å². The third-order valence-corrected chi connectivity index (χ3v) is 5.69. The van der Waals surface area contributed by atoms with Gasteiger partial charge in [-0.15, -0.1) is 0 Å². The minimum absolute atomic E-state index is 0.0980. The van der Waals surface area contributed by atoms with Gasteiger partial charge in [0.1, 0.15) is 0 Å². The Balaban J connectivity index is 2.04. The van der Waals surface area contributed by atoms with Crippen molar-refractivity contribution in [2.75, 3.05) is 32.7 Å². The summed E-state index contributed by atoms with van der Waals surface area (Å²) in [6, 6.07) is 5.03. The molecule has 0 amide bonds. The molecule has 0 N–H and O–H groups in total. The fraction of sp³-hybridized carbons (Fsp3) is 0.467. The van der Waals surface area contributed by atoms with E-state index in [4.69, 9.17) is 0 Å². The first-order valence-electron chi connectivity index (χ1n) is 7.41. The van der Waals surface area contributed by atoms with Crippen LogP contribution in [0.1, 0.15) is 13.8 Å². The van der Waals surface area contributed by atoms with Crippen molar-refractivity contribution in [1.29, 1.82) is 0 Å². The molecule has 7 nitrogen and oxygen atoms in total. The largest absolute Gasteiger partial charge is 0.297 e. The number of hydrogen-bond donors (Lipinski definition) is 0. The maximum Gasteiger partial charge on any atom is 0.269 e. The standard InChI is InChI=1S/C15H21N3O4S/c1-13(2)7-8-16-9-11-17(12-10-16)23(21,22)15-5-3-14(4-6-15)18(19)20/h3-7H,8-12H2,1-2H3. The van der Waals surface area contributed by atoms with Gasteiger partial charge in [0.15, 0.2) is 0 Å². The van der Waals surface area contributed by atoms with Crippen LogP contribution in [0.5, 0.6) is 0 Å². The van der Waals surface area contributed by atoms with E-state index in [0.29, 0.717) is 26.2 Å². The van der Waals surface area contributed by atoms with Gasteiger partial charge in [-0.25, -0.2) is 8.42 Å². The second-order valence-corrected chi connectivity index (χ2v) is 7.68. The average molecular weight is 339 g/mol. The topological polar surface area (TPSA) is 83.8 Å². The molecule has 1 aromatic carbocycles. The number of non-ortho nitro benzene ring substituents is 1. The Morgan fingerprint density at radius 2 is 1.74 bits per heavy atom. The van der Waals surface area contributed by atoms with Crippen LogP contribution in [0.4, 0.5) is 5.69 Å². The van der Waals surface area contributed by atoms with Gasteiger partial charge in [0.25, 0.3) is 5.69 Å². The van der Waals surface area contributed by atoms with Gasteiger partial charge in [-0.3, -0.25) is 15.0 Å². The molecule has 1 fully saturated rings. The summed E-state index contributed by atoms with van der Waals surface area (Å²) < 4.78 is 26.6. The Bertz CT molecular complexity index is 686. The summed E-state index contributed by atoms with van der Waals surface area (Å²) in [6.45, 7) is 7.11. The number of nitrogens with zero attached hydrogens (tertiary/aromatic N) is 3. The lowest BCUT2D eigenvalue weighted by Gasteiger charge is -2.33. The number of benzene rings is 1. The van der Waals surface area contributed by atoms with E-state index >= 15 is 0 Å². The monoisotopic (exact) mass is 339 g/mol. The molecule has 126 valence electrons. The molecule has 1 heterocycles. The summed E-state index contributed by atoms with van der Waals surface area (Å²) in [5.74, 6) is 0. The van der Waals surface area contributed by atoms with E-state index < -0.39 is 14.9 Å². The predicted molar refractivity (Wildman–Crippen MR) is 87.7 cm³/mol. The molecule has 0 saturated carbocycles. The number of rotatable bonds is 5. The fourth-order valence-electron chi connectivity index (χ4n) is 2.35. The molecular weight excluding hydrogens is 318 g/mol. The molecule has 23 heavy (non-hydrogen) atoms. The van der Waals surface area contributed by atoms with Crippen LogP contribution in [0.15, 0.2) is 40.8 Å². The lowest BCUT2D eigenvalue weighted by molar-refractivity contribution is -0.384. The number of nitro groups is 1. The summed E-state index contributed by atoms with van der Waals surface area (Å²) >= 11 is 0. The van der Waals surface area contributed by atoms with E-state index in [-0.39, 0.29) is 10.6 Å². The summed E-state index contributed by atoms with van der Waals surface area (Å²) in [5, 5.41) is 10.6. The highest BCUT2D eigenvalue weighted by atomic mass is 32.2.